The first kappa shape index (κ1) is 23.0. The largest absolute Gasteiger partial charge is 0.342 e. The van der Waals surface area contributed by atoms with Crippen molar-refractivity contribution in [3.8, 4) is 0 Å². The zero-order valence-corrected chi connectivity index (χ0v) is 17.4. The maximum atomic E-state index is 12.3. The molecule has 0 saturated heterocycles. The van der Waals surface area contributed by atoms with Crippen molar-refractivity contribution >= 4 is 40.8 Å². The second-order valence-corrected chi connectivity index (χ2v) is 7.01. The number of nitrogens with two attached hydrogens (primary N) is 1. The summed E-state index contributed by atoms with van der Waals surface area (Å²) in [7, 11) is 0. The number of carbonyl (C=O) groups excluding carboxylic acids is 2. The standard InChI is InChI=1S/C20H30N4O2.ClH/c1-5-23(6-2)19(25)13-24-10-9-15-12-16(7-8-18(15)24)22-20(26)17(21)11-14(3)4;/h7-10,12,14,17H,5-6,11,13,21H2,1-4H3,(H,22,26);1H/t17-;/m0./s1. The van der Waals surface area contributed by atoms with Crippen LogP contribution in [-0.2, 0) is 16.1 Å². The van der Waals surface area contributed by atoms with Gasteiger partial charge in [0.15, 0.2) is 0 Å². The van der Waals surface area contributed by atoms with Gasteiger partial charge in [-0.15, -0.1) is 12.4 Å². The average Bonchev–Trinajstić information content (AvgIpc) is 2.97. The summed E-state index contributed by atoms with van der Waals surface area (Å²) in [4.78, 5) is 26.3. The third-order valence-electron chi connectivity index (χ3n) is 4.52. The highest BCUT2D eigenvalue weighted by atomic mass is 35.5. The van der Waals surface area contributed by atoms with Crippen LogP contribution in [0.1, 0.15) is 34.1 Å². The normalized spacial score (nSPS) is 11.9. The van der Waals surface area contributed by atoms with Crippen molar-refractivity contribution in [3.05, 3.63) is 30.5 Å². The van der Waals surface area contributed by atoms with Crippen molar-refractivity contribution in [2.45, 2.75) is 46.7 Å². The van der Waals surface area contributed by atoms with Crippen LogP contribution in [-0.4, -0.2) is 40.4 Å². The zero-order valence-electron chi connectivity index (χ0n) is 16.6. The van der Waals surface area contributed by atoms with Gasteiger partial charge in [-0.3, -0.25) is 9.59 Å². The molecule has 27 heavy (non-hydrogen) atoms. The molecule has 0 aliphatic carbocycles. The molecule has 0 unspecified atom stereocenters. The number of carbonyl (C=O) groups is 2. The molecule has 2 amide bonds. The lowest BCUT2D eigenvalue weighted by Crippen LogP contribution is -2.36. The minimum atomic E-state index is -0.512. The van der Waals surface area contributed by atoms with Crippen molar-refractivity contribution in [2.24, 2.45) is 11.7 Å². The molecule has 0 saturated carbocycles. The Morgan fingerprint density at radius 3 is 2.44 bits per heavy atom. The van der Waals surface area contributed by atoms with Crippen LogP contribution < -0.4 is 11.1 Å². The molecule has 3 N–H and O–H groups in total. The van der Waals surface area contributed by atoms with Crippen LogP contribution in [0.3, 0.4) is 0 Å². The summed E-state index contributed by atoms with van der Waals surface area (Å²) in [5.41, 5.74) is 7.62. The highest BCUT2D eigenvalue weighted by molar-refractivity contribution is 5.97. The number of amides is 2. The molecule has 0 aliphatic heterocycles. The lowest BCUT2D eigenvalue weighted by molar-refractivity contribution is -0.131. The van der Waals surface area contributed by atoms with Crippen molar-refractivity contribution in [1.29, 1.82) is 0 Å². The molecular weight excluding hydrogens is 364 g/mol. The van der Waals surface area contributed by atoms with E-state index in [4.69, 9.17) is 5.73 Å². The van der Waals surface area contributed by atoms with Crippen LogP contribution in [0.25, 0.3) is 10.9 Å². The molecular formula is C20H31ClN4O2. The van der Waals surface area contributed by atoms with Crippen LogP contribution >= 0.6 is 12.4 Å². The maximum Gasteiger partial charge on any atom is 0.242 e. The summed E-state index contributed by atoms with van der Waals surface area (Å²) in [5, 5.41) is 3.86. The van der Waals surface area contributed by atoms with E-state index >= 15 is 0 Å². The fraction of sp³-hybridized carbons (Fsp3) is 0.500. The average molecular weight is 395 g/mol. The van der Waals surface area contributed by atoms with Crippen LogP contribution in [0.15, 0.2) is 30.5 Å². The fourth-order valence-electron chi connectivity index (χ4n) is 3.09. The van der Waals surface area contributed by atoms with E-state index in [1.54, 1.807) is 0 Å². The van der Waals surface area contributed by atoms with Crippen LogP contribution in [0.5, 0.6) is 0 Å². The predicted octanol–water partition coefficient (Wildman–Crippen LogP) is 3.24. The molecule has 1 aromatic heterocycles. The van der Waals surface area contributed by atoms with Crippen molar-refractivity contribution in [2.75, 3.05) is 18.4 Å². The molecule has 7 heteroatoms. The highest BCUT2D eigenvalue weighted by Crippen LogP contribution is 2.21. The SMILES string of the molecule is CCN(CC)C(=O)Cn1ccc2cc(NC(=O)[C@@H](N)CC(C)C)ccc21.Cl. The molecule has 1 atom stereocenters. The van der Waals surface area contributed by atoms with E-state index in [0.717, 1.165) is 16.6 Å². The Morgan fingerprint density at radius 1 is 1.19 bits per heavy atom. The summed E-state index contributed by atoms with van der Waals surface area (Å²) in [6.07, 6.45) is 2.56. The molecule has 0 fully saturated rings. The molecule has 0 radical (unpaired) electrons. The van der Waals surface area contributed by atoms with E-state index in [1.165, 1.54) is 0 Å². The van der Waals surface area contributed by atoms with E-state index in [-0.39, 0.29) is 24.2 Å². The first-order valence-corrected chi connectivity index (χ1v) is 9.28. The summed E-state index contributed by atoms with van der Waals surface area (Å²) in [6.45, 7) is 9.78. The topological polar surface area (TPSA) is 80.4 Å². The first-order valence-electron chi connectivity index (χ1n) is 9.28. The third-order valence-corrected chi connectivity index (χ3v) is 4.52. The second-order valence-electron chi connectivity index (χ2n) is 7.01. The van der Waals surface area contributed by atoms with E-state index in [9.17, 15) is 9.59 Å². The number of hydrogen-bond donors (Lipinski definition) is 2. The zero-order chi connectivity index (χ0) is 19.3. The second kappa shape index (κ2) is 10.3. The Morgan fingerprint density at radius 2 is 1.85 bits per heavy atom. The van der Waals surface area contributed by atoms with Gasteiger partial charge in [-0.2, -0.15) is 0 Å². The number of halogens is 1. The van der Waals surface area contributed by atoms with Gasteiger partial charge in [0, 0.05) is 35.9 Å². The number of rotatable bonds is 8. The van der Waals surface area contributed by atoms with E-state index in [0.29, 0.717) is 32.0 Å². The Kier molecular flexibility index (Phi) is 8.79. The van der Waals surface area contributed by atoms with E-state index < -0.39 is 6.04 Å². The smallest absolute Gasteiger partial charge is 0.242 e. The van der Waals surface area contributed by atoms with Crippen molar-refractivity contribution < 1.29 is 9.59 Å². The summed E-state index contributed by atoms with van der Waals surface area (Å²) in [5.74, 6) is 0.300. The number of benzene rings is 1. The van der Waals surface area contributed by atoms with Gasteiger partial charge in [0.2, 0.25) is 11.8 Å². The fourth-order valence-corrected chi connectivity index (χ4v) is 3.09. The molecule has 0 spiro atoms. The number of likely N-dealkylation sites (N-methyl/N-ethyl adjacent to an activating group) is 1. The van der Waals surface area contributed by atoms with Gasteiger partial charge >= 0.3 is 0 Å². The van der Waals surface area contributed by atoms with Crippen molar-refractivity contribution in [1.82, 2.24) is 9.47 Å². The lowest BCUT2D eigenvalue weighted by atomic mass is 10.0. The molecule has 150 valence electrons. The maximum absolute atomic E-state index is 12.3. The van der Waals surface area contributed by atoms with E-state index in [2.05, 4.69) is 5.32 Å². The minimum Gasteiger partial charge on any atom is -0.342 e. The van der Waals surface area contributed by atoms with Gasteiger partial charge in [0.05, 0.1) is 6.04 Å². The van der Waals surface area contributed by atoms with Gasteiger partial charge in [0.25, 0.3) is 0 Å². The minimum absolute atomic E-state index is 0. The lowest BCUT2D eigenvalue weighted by Gasteiger charge is -2.19. The van der Waals surface area contributed by atoms with Gasteiger partial charge < -0.3 is 20.5 Å². The Bertz CT molecular complexity index is 768. The molecule has 1 heterocycles. The Hall–Kier alpha value is -2.05. The highest BCUT2D eigenvalue weighted by Gasteiger charge is 2.16. The van der Waals surface area contributed by atoms with Crippen LogP contribution in [0, 0.1) is 5.92 Å². The number of nitrogens with zero attached hydrogens (tertiary/aromatic N) is 2. The Labute approximate surface area is 167 Å². The monoisotopic (exact) mass is 394 g/mol. The van der Waals surface area contributed by atoms with Crippen LogP contribution in [0.2, 0.25) is 0 Å². The van der Waals surface area contributed by atoms with E-state index in [1.807, 2.05) is 67.6 Å². The van der Waals surface area contributed by atoms with Gasteiger partial charge in [-0.05, 0) is 50.5 Å². The van der Waals surface area contributed by atoms with Gasteiger partial charge in [-0.25, -0.2) is 0 Å². The molecule has 6 nitrogen and oxygen atoms in total. The predicted molar refractivity (Wildman–Crippen MR) is 113 cm³/mol. The number of hydrogen-bond acceptors (Lipinski definition) is 3. The first-order chi connectivity index (χ1) is 12.3. The van der Waals surface area contributed by atoms with Gasteiger partial charge in [0.1, 0.15) is 6.54 Å². The number of aromatic nitrogens is 1. The van der Waals surface area contributed by atoms with Gasteiger partial charge in [-0.1, -0.05) is 13.8 Å². The summed E-state index contributed by atoms with van der Waals surface area (Å²) in [6, 6.07) is 7.12. The number of nitrogens with one attached hydrogen (secondary N) is 1. The molecule has 2 aromatic rings. The molecule has 0 aliphatic rings. The summed E-state index contributed by atoms with van der Waals surface area (Å²) < 4.78 is 1.94. The third kappa shape index (κ3) is 5.97. The molecule has 1 aromatic carbocycles. The van der Waals surface area contributed by atoms with Crippen molar-refractivity contribution in [3.63, 3.8) is 0 Å². The number of anilines is 1. The summed E-state index contributed by atoms with van der Waals surface area (Å²) >= 11 is 0. The quantitative estimate of drug-likeness (QED) is 0.721. The molecule has 2 rings (SSSR count). The van der Waals surface area contributed by atoms with Crippen LogP contribution in [0.4, 0.5) is 5.69 Å². The number of fused-ring (bicyclic) bond motifs is 1. The Balaban J connectivity index is 0.00000364. The molecule has 0 bridgehead atoms.